The van der Waals surface area contributed by atoms with Gasteiger partial charge in [0.2, 0.25) is 0 Å². The van der Waals surface area contributed by atoms with Crippen LogP contribution in [0.2, 0.25) is 0 Å². The Hall–Kier alpha value is -1.04. The van der Waals surface area contributed by atoms with Gasteiger partial charge < -0.3 is 0 Å². The minimum absolute atomic E-state index is 0.158. The third-order valence-electron chi connectivity index (χ3n) is 3.96. The van der Waals surface area contributed by atoms with Crippen molar-refractivity contribution in [2.24, 2.45) is 5.41 Å². The molecule has 0 spiro atoms. The van der Waals surface area contributed by atoms with E-state index in [9.17, 15) is 0 Å². The minimum atomic E-state index is 0.158. The van der Waals surface area contributed by atoms with Crippen LogP contribution in [0.25, 0.3) is 0 Å². The predicted molar refractivity (Wildman–Crippen MR) is 78.0 cm³/mol. The molecule has 1 aliphatic carbocycles. The molecule has 0 atom stereocenters. The summed E-state index contributed by atoms with van der Waals surface area (Å²) in [6, 6.07) is 0. The molecule has 1 rings (SSSR count). The minimum Gasteiger partial charge on any atom is -0.0988 e. The van der Waals surface area contributed by atoms with Gasteiger partial charge in [-0.05, 0) is 44.8 Å². The van der Waals surface area contributed by atoms with Crippen molar-refractivity contribution in [2.75, 3.05) is 0 Å². The largest absolute Gasteiger partial charge is 0.0988 e. The van der Waals surface area contributed by atoms with Crippen LogP contribution in [0.15, 0.2) is 48.1 Å². The Bertz CT molecular complexity index is 342. The van der Waals surface area contributed by atoms with Crippen LogP contribution >= 0.6 is 0 Å². The summed E-state index contributed by atoms with van der Waals surface area (Å²) in [7, 11) is 0. The molecular weight excluding hydrogens is 204 g/mol. The fourth-order valence-electron chi connectivity index (χ4n) is 3.09. The van der Waals surface area contributed by atoms with E-state index in [4.69, 9.17) is 0 Å². The molecule has 0 aliphatic heterocycles. The first kappa shape index (κ1) is 14.0. The highest BCUT2D eigenvalue weighted by Gasteiger charge is 2.36. The first-order valence-corrected chi connectivity index (χ1v) is 6.71. The summed E-state index contributed by atoms with van der Waals surface area (Å²) in [5.41, 5.74) is 4.23. The lowest BCUT2D eigenvalue weighted by Gasteiger charge is -2.40. The van der Waals surface area contributed by atoms with Crippen LogP contribution < -0.4 is 0 Å². The number of allylic oxidation sites excluding steroid dienone is 6. The second kappa shape index (κ2) is 6.05. The molecule has 0 heteroatoms. The molecule has 0 nitrogen and oxygen atoms in total. The molecule has 0 bridgehead atoms. The number of hydrogen-bond acceptors (Lipinski definition) is 0. The predicted octanol–water partition coefficient (Wildman–Crippen LogP) is 5.59. The molecule has 0 aromatic carbocycles. The molecule has 1 fully saturated rings. The van der Waals surface area contributed by atoms with Gasteiger partial charge in [-0.25, -0.2) is 0 Å². The molecule has 0 aromatic rings. The average molecular weight is 230 g/mol. The topological polar surface area (TPSA) is 0 Å². The molecule has 0 amide bonds. The third kappa shape index (κ3) is 2.80. The first-order valence-electron chi connectivity index (χ1n) is 6.71. The molecule has 0 aromatic heterocycles. The highest BCUT2D eigenvalue weighted by atomic mass is 14.4. The normalized spacial score (nSPS) is 19.0. The van der Waals surface area contributed by atoms with E-state index in [0.29, 0.717) is 0 Å². The quantitative estimate of drug-likeness (QED) is 0.552. The Morgan fingerprint density at radius 1 is 1.12 bits per heavy atom. The maximum absolute atomic E-state index is 4.27. The lowest BCUT2D eigenvalue weighted by Crippen LogP contribution is -2.28. The van der Waals surface area contributed by atoms with Crippen LogP contribution in [0.1, 0.15) is 52.9 Å². The highest BCUT2D eigenvalue weighted by Crippen LogP contribution is 2.49. The second-order valence-corrected chi connectivity index (χ2v) is 5.29. The SMILES string of the molecule is C=CC(=C)C1(C(/C=C\C)=C(C)C)CCCCC1. The van der Waals surface area contributed by atoms with Crippen molar-refractivity contribution in [1.29, 1.82) is 0 Å². The standard InChI is InChI=1S/C17H26/c1-6-11-16(14(3)4)17(15(5)7-2)12-9-8-10-13-17/h6-7,11H,2,5,8-10,12-13H2,1,3-4H3/b11-6-. The summed E-state index contributed by atoms with van der Waals surface area (Å²) in [4.78, 5) is 0. The van der Waals surface area contributed by atoms with Crippen molar-refractivity contribution in [3.05, 3.63) is 48.1 Å². The highest BCUT2D eigenvalue weighted by molar-refractivity contribution is 5.42. The molecule has 1 aliphatic rings. The Balaban J connectivity index is 3.26. The van der Waals surface area contributed by atoms with Gasteiger partial charge in [-0.1, -0.05) is 56.2 Å². The Morgan fingerprint density at radius 2 is 1.71 bits per heavy atom. The zero-order valence-corrected chi connectivity index (χ0v) is 11.7. The zero-order chi connectivity index (χ0) is 12.9. The zero-order valence-electron chi connectivity index (χ0n) is 11.7. The summed E-state index contributed by atoms with van der Waals surface area (Å²) < 4.78 is 0. The van der Waals surface area contributed by atoms with Crippen molar-refractivity contribution in [1.82, 2.24) is 0 Å². The van der Waals surface area contributed by atoms with Gasteiger partial charge in [0, 0.05) is 5.41 Å². The van der Waals surface area contributed by atoms with Crippen molar-refractivity contribution in [2.45, 2.75) is 52.9 Å². The van der Waals surface area contributed by atoms with Gasteiger partial charge in [0.25, 0.3) is 0 Å². The lowest BCUT2D eigenvalue weighted by molar-refractivity contribution is 0.299. The number of rotatable bonds is 4. The van der Waals surface area contributed by atoms with Gasteiger partial charge in [0.1, 0.15) is 0 Å². The number of hydrogen-bond donors (Lipinski definition) is 0. The van der Waals surface area contributed by atoms with E-state index in [0.717, 1.165) is 0 Å². The van der Waals surface area contributed by atoms with E-state index < -0.39 is 0 Å². The van der Waals surface area contributed by atoms with Gasteiger partial charge >= 0.3 is 0 Å². The summed E-state index contributed by atoms with van der Waals surface area (Å²) in [5.74, 6) is 0. The molecule has 0 N–H and O–H groups in total. The fourth-order valence-corrected chi connectivity index (χ4v) is 3.09. The molecule has 17 heavy (non-hydrogen) atoms. The molecule has 0 heterocycles. The van der Waals surface area contributed by atoms with Gasteiger partial charge in [-0.2, -0.15) is 0 Å². The molecule has 0 unspecified atom stereocenters. The fraction of sp³-hybridized carbons (Fsp3) is 0.529. The molecular formula is C17H26. The summed E-state index contributed by atoms with van der Waals surface area (Å²) in [6.45, 7) is 14.7. The summed E-state index contributed by atoms with van der Waals surface area (Å²) in [6.07, 6.45) is 12.8. The molecule has 0 radical (unpaired) electrons. The van der Waals surface area contributed by atoms with Gasteiger partial charge in [-0.15, -0.1) is 0 Å². The Morgan fingerprint density at radius 3 is 2.12 bits per heavy atom. The lowest BCUT2D eigenvalue weighted by atomic mass is 9.64. The van der Waals surface area contributed by atoms with Crippen molar-refractivity contribution >= 4 is 0 Å². The van der Waals surface area contributed by atoms with E-state index in [-0.39, 0.29) is 5.41 Å². The maximum Gasteiger partial charge on any atom is 0.0196 e. The van der Waals surface area contributed by atoms with Crippen LogP contribution in [-0.2, 0) is 0 Å². The second-order valence-electron chi connectivity index (χ2n) is 5.29. The molecule has 0 saturated heterocycles. The van der Waals surface area contributed by atoms with Crippen molar-refractivity contribution in [3.63, 3.8) is 0 Å². The third-order valence-corrected chi connectivity index (χ3v) is 3.96. The van der Waals surface area contributed by atoms with Gasteiger partial charge in [-0.3, -0.25) is 0 Å². The van der Waals surface area contributed by atoms with Crippen LogP contribution in [-0.4, -0.2) is 0 Å². The van der Waals surface area contributed by atoms with E-state index >= 15 is 0 Å². The van der Waals surface area contributed by atoms with E-state index in [1.807, 2.05) is 6.08 Å². The molecule has 1 saturated carbocycles. The summed E-state index contributed by atoms with van der Waals surface area (Å²) in [5, 5.41) is 0. The van der Waals surface area contributed by atoms with Gasteiger partial charge in [0.15, 0.2) is 0 Å². The van der Waals surface area contributed by atoms with Crippen LogP contribution in [0, 0.1) is 5.41 Å². The van der Waals surface area contributed by atoms with Gasteiger partial charge in [0.05, 0.1) is 0 Å². The van der Waals surface area contributed by atoms with Crippen molar-refractivity contribution < 1.29 is 0 Å². The maximum atomic E-state index is 4.27. The molecule has 94 valence electrons. The van der Waals surface area contributed by atoms with E-state index in [1.54, 1.807) is 0 Å². The van der Waals surface area contributed by atoms with Crippen LogP contribution in [0.3, 0.4) is 0 Å². The Kier molecular flexibility index (Phi) is 4.99. The Labute approximate surface area is 107 Å². The first-order chi connectivity index (χ1) is 8.08. The van der Waals surface area contributed by atoms with E-state index in [1.165, 1.54) is 48.8 Å². The van der Waals surface area contributed by atoms with Crippen molar-refractivity contribution in [3.8, 4) is 0 Å². The van der Waals surface area contributed by atoms with Crippen LogP contribution in [0.4, 0.5) is 0 Å². The smallest absolute Gasteiger partial charge is 0.0196 e. The van der Waals surface area contributed by atoms with Crippen LogP contribution in [0.5, 0.6) is 0 Å². The average Bonchev–Trinajstić information content (AvgIpc) is 2.35. The summed E-state index contributed by atoms with van der Waals surface area (Å²) >= 11 is 0. The monoisotopic (exact) mass is 230 g/mol. The van der Waals surface area contributed by atoms with E-state index in [2.05, 4.69) is 46.1 Å².